The van der Waals surface area contributed by atoms with Gasteiger partial charge in [-0.3, -0.25) is 0 Å². The lowest BCUT2D eigenvalue weighted by Crippen LogP contribution is -1.98. The summed E-state index contributed by atoms with van der Waals surface area (Å²) in [6.45, 7) is 4.67. The van der Waals surface area contributed by atoms with Crippen LogP contribution < -0.4 is 0 Å². The molecule has 0 aliphatic heterocycles. The van der Waals surface area contributed by atoms with Crippen molar-refractivity contribution in [2.75, 3.05) is 6.61 Å². The summed E-state index contributed by atoms with van der Waals surface area (Å²) in [5.41, 5.74) is 3.26. The molecule has 0 bridgehead atoms. The van der Waals surface area contributed by atoms with Crippen LogP contribution in [0.15, 0.2) is 30.5 Å². The van der Waals surface area contributed by atoms with Crippen LogP contribution in [0.3, 0.4) is 0 Å². The third kappa shape index (κ3) is 5.45. The first-order chi connectivity index (χ1) is 11.8. The molecule has 1 aromatic carbocycles. The lowest BCUT2D eigenvalue weighted by molar-refractivity contribution is 0.299. The molecule has 0 aliphatic rings. The van der Waals surface area contributed by atoms with E-state index >= 15 is 0 Å². The molecule has 2 rings (SSSR count). The van der Waals surface area contributed by atoms with Crippen molar-refractivity contribution in [2.24, 2.45) is 0 Å². The largest absolute Gasteiger partial charge is 0.396 e. The summed E-state index contributed by atoms with van der Waals surface area (Å²) in [6.07, 6.45) is 11.7. The average Bonchev–Trinajstić information content (AvgIpc) is 3.09. The average molecular weight is 329 g/mol. The molecule has 132 valence electrons. The molecule has 1 atom stereocenters. The zero-order valence-corrected chi connectivity index (χ0v) is 15.1. The molecule has 0 aliphatic carbocycles. The number of aliphatic hydroxyl groups excluding tert-OH is 1. The van der Waals surface area contributed by atoms with Gasteiger partial charge in [0.1, 0.15) is 0 Å². The van der Waals surface area contributed by atoms with Crippen molar-refractivity contribution in [1.82, 2.24) is 15.0 Å². The van der Waals surface area contributed by atoms with E-state index in [2.05, 4.69) is 30.4 Å². The highest BCUT2D eigenvalue weighted by molar-refractivity contribution is 5.34. The number of benzene rings is 1. The van der Waals surface area contributed by atoms with E-state index in [-0.39, 0.29) is 6.61 Å². The third-order valence-corrected chi connectivity index (χ3v) is 4.68. The number of aromatic nitrogens is 3. The lowest BCUT2D eigenvalue weighted by Gasteiger charge is -2.11. The Kier molecular flexibility index (Phi) is 7.96. The van der Waals surface area contributed by atoms with Crippen molar-refractivity contribution in [2.45, 2.75) is 71.1 Å². The maximum atomic E-state index is 8.99. The van der Waals surface area contributed by atoms with Gasteiger partial charge in [-0.2, -0.15) is 0 Å². The van der Waals surface area contributed by atoms with Crippen LogP contribution in [0.5, 0.6) is 0 Å². The van der Waals surface area contributed by atoms with Gasteiger partial charge >= 0.3 is 0 Å². The topological polar surface area (TPSA) is 50.9 Å². The van der Waals surface area contributed by atoms with E-state index in [9.17, 15) is 0 Å². The number of aliphatic hydroxyl groups is 1. The summed E-state index contributed by atoms with van der Waals surface area (Å²) in [4.78, 5) is 0. The molecule has 1 heterocycles. The van der Waals surface area contributed by atoms with Gasteiger partial charge in [0.25, 0.3) is 0 Å². The van der Waals surface area contributed by atoms with Crippen molar-refractivity contribution >= 4 is 0 Å². The van der Waals surface area contributed by atoms with Gasteiger partial charge in [0.05, 0.1) is 17.6 Å². The van der Waals surface area contributed by atoms with E-state index in [1.165, 1.54) is 38.5 Å². The Morgan fingerprint density at radius 2 is 1.79 bits per heavy atom. The van der Waals surface area contributed by atoms with Crippen LogP contribution in [0.1, 0.15) is 76.0 Å². The van der Waals surface area contributed by atoms with E-state index in [1.54, 1.807) is 0 Å². The van der Waals surface area contributed by atoms with Crippen molar-refractivity contribution < 1.29 is 5.11 Å². The quantitative estimate of drug-likeness (QED) is 0.610. The van der Waals surface area contributed by atoms with Crippen LogP contribution in [0.4, 0.5) is 0 Å². The number of hydrogen-bond acceptors (Lipinski definition) is 3. The van der Waals surface area contributed by atoms with E-state index < -0.39 is 0 Å². The Morgan fingerprint density at radius 1 is 1.04 bits per heavy atom. The summed E-state index contributed by atoms with van der Waals surface area (Å²) in [5.74, 6) is 0.508. The highest BCUT2D eigenvalue weighted by Gasteiger charge is 2.14. The molecule has 0 amide bonds. The molecule has 1 N–H and O–H groups in total. The van der Waals surface area contributed by atoms with Crippen molar-refractivity contribution in [3.05, 3.63) is 41.7 Å². The van der Waals surface area contributed by atoms with E-state index in [0.29, 0.717) is 12.3 Å². The van der Waals surface area contributed by atoms with E-state index in [1.807, 2.05) is 28.9 Å². The fraction of sp³-hybridized carbons (Fsp3) is 0.600. The molecular weight excluding hydrogens is 298 g/mol. The Hall–Kier alpha value is -1.68. The van der Waals surface area contributed by atoms with Crippen molar-refractivity contribution in [3.63, 3.8) is 0 Å². The van der Waals surface area contributed by atoms with Crippen LogP contribution in [0.25, 0.3) is 5.69 Å². The molecule has 0 radical (unpaired) electrons. The second-order valence-corrected chi connectivity index (χ2v) is 6.54. The van der Waals surface area contributed by atoms with Crippen molar-refractivity contribution in [1.29, 1.82) is 0 Å². The second-order valence-electron chi connectivity index (χ2n) is 6.54. The van der Waals surface area contributed by atoms with Gasteiger partial charge in [-0.25, -0.2) is 4.68 Å². The minimum absolute atomic E-state index is 0.184. The molecule has 2 aromatic rings. The number of hydrogen-bond donors (Lipinski definition) is 1. The molecule has 1 unspecified atom stereocenters. The Morgan fingerprint density at radius 3 is 2.46 bits per heavy atom. The number of rotatable bonds is 11. The summed E-state index contributed by atoms with van der Waals surface area (Å²) < 4.78 is 1.86. The first-order valence-electron chi connectivity index (χ1n) is 9.40. The maximum Gasteiger partial charge on any atom is 0.0862 e. The smallest absolute Gasteiger partial charge is 0.0862 e. The first kappa shape index (κ1) is 18.7. The summed E-state index contributed by atoms with van der Waals surface area (Å²) >= 11 is 0. The zero-order valence-electron chi connectivity index (χ0n) is 15.1. The zero-order chi connectivity index (χ0) is 17.2. The monoisotopic (exact) mass is 329 g/mol. The predicted molar refractivity (Wildman–Crippen MR) is 98.6 cm³/mol. The Balaban J connectivity index is 1.94. The molecule has 24 heavy (non-hydrogen) atoms. The predicted octanol–water partition coefficient (Wildman–Crippen LogP) is 4.66. The molecule has 0 saturated heterocycles. The molecular formula is C20H31N3O. The van der Waals surface area contributed by atoms with E-state index in [4.69, 9.17) is 5.11 Å². The SMILES string of the molecule is CCCCCCCC(CC)c1cn(-c2ccc(CCO)cc2)nn1. The number of unbranched alkanes of at least 4 members (excludes halogenated alkanes) is 4. The first-order valence-corrected chi connectivity index (χ1v) is 9.40. The summed E-state index contributed by atoms with van der Waals surface area (Å²) in [6, 6.07) is 8.15. The number of nitrogens with zero attached hydrogens (tertiary/aromatic N) is 3. The lowest BCUT2D eigenvalue weighted by atomic mass is 9.95. The molecule has 0 spiro atoms. The molecule has 4 heteroatoms. The molecule has 4 nitrogen and oxygen atoms in total. The van der Waals surface area contributed by atoms with Crippen LogP contribution in [-0.2, 0) is 6.42 Å². The van der Waals surface area contributed by atoms with Gasteiger partial charge in [-0.05, 0) is 37.0 Å². The highest BCUT2D eigenvalue weighted by atomic mass is 16.2. The third-order valence-electron chi connectivity index (χ3n) is 4.68. The van der Waals surface area contributed by atoms with Gasteiger partial charge < -0.3 is 5.11 Å². The standard InChI is InChI=1S/C20H31N3O/c1-3-5-6-7-8-9-18(4-2)20-16-23(22-21-20)19-12-10-17(11-13-19)14-15-24/h10-13,16,18,24H,3-9,14-15H2,1-2H3. The van der Waals surface area contributed by atoms with Gasteiger partial charge in [-0.1, -0.05) is 63.3 Å². The normalized spacial score (nSPS) is 12.5. The summed E-state index contributed by atoms with van der Waals surface area (Å²) in [7, 11) is 0. The minimum Gasteiger partial charge on any atom is -0.396 e. The summed E-state index contributed by atoms with van der Waals surface area (Å²) in [5, 5.41) is 17.7. The maximum absolute atomic E-state index is 8.99. The molecule has 0 fully saturated rings. The Labute approximate surface area is 145 Å². The van der Waals surface area contributed by atoms with Gasteiger partial charge in [0.15, 0.2) is 0 Å². The van der Waals surface area contributed by atoms with Crippen LogP contribution in [0, 0.1) is 0 Å². The van der Waals surface area contributed by atoms with Crippen LogP contribution in [0.2, 0.25) is 0 Å². The Bertz CT molecular complexity index is 577. The fourth-order valence-corrected chi connectivity index (χ4v) is 3.09. The van der Waals surface area contributed by atoms with Crippen LogP contribution >= 0.6 is 0 Å². The van der Waals surface area contributed by atoms with Gasteiger partial charge in [0.2, 0.25) is 0 Å². The van der Waals surface area contributed by atoms with E-state index in [0.717, 1.165) is 23.4 Å². The molecule has 1 aromatic heterocycles. The highest BCUT2D eigenvalue weighted by Crippen LogP contribution is 2.25. The van der Waals surface area contributed by atoms with Gasteiger partial charge in [-0.15, -0.1) is 5.10 Å². The van der Waals surface area contributed by atoms with Gasteiger partial charge in [0, 0.05) is 12.5 Å². The van der Waals surface area contributed by atoms with Crippen LogP contribution in [-0.4, -0.2) is 26.7 Å². The minimum atomic E-state index is 0.184. The fourth-order valence-electron chi connectivity index (χ4n) is 3.09. The second kappa shape index (κ2) is 10.2. The van der Waals surface area contributed by atoms with Crippen molar-refractivity contribution in [3.8, 4) is 5.69 Å². The molecule has 0 saturated carbocycles.